The van der Waals surface area contributed by atoms with Crippen LogP contribution < -0.4 is 5.56 Å². The molecule has 0 atom stereocenters. The summed E-state index contributed by atoms with van der Waals surface area (Å²) in [4.78, 5) is 14.4. The van der Waals surface area contributed by atoms with Gasteiger partial charge in [0.25, 0.3) is 5.56 Å². The van der Waals surface area contributed by atoms with Crippen LogP contribution in [0.3, 0.4) is 0 Å². The Morgan fingerprint density at radius 2 is 2.21 bits per heavy atom. The van der Waals surface area contributed by atoms with Gasteiger partial charge in [-0.15, -0.1) is 0 Å². The molecule has 0 aliphatic heterocycles. The first-order valence-corrected chi connectivity index (χ1v) is 4.39. The summed E-state index contributed by atoms with van der Waals surface area (Å²) in [7, 11) is 1.55. The number of hydrogen-bond acceptors (Lipinski definition) is 2. The van der Waals surface area contributed by atoms with Gasteiger partial charge in [0.05, 0.1) is 10.9 Å². The van der Waals surface area contributed by atoms with Crippen molar-refractivity contribution in [3.8, 4) is 0 Å². The number of nitrogens with zero attached hydrogens (tertiary/aromatic N) is 1. The lowest BCUT2D eigenvalue weighted by atomic mass is 10.2. The molecule has 0 spiro atoms. The maximum atomic E-state index is 12.9. The summed E-state index contributed by atoms with van der Waals surface area (Å²) in [5.41, 5.74) is 0.266. The van der Waals surface area contributed by atoms with Crippen molar-refractivity contribution in [2.75, 3.05) is 0 Å². The smallest absolute Gasteiger partial charge is 0.261 e. The minimum Gasteiger partial charge on any atom is -0.332 e. The monoisotopic (exact) mass is 210 g/mol. The van der Waals surface area contributed by atoms with Gasteiger partial charge in [0.15, 0.2) is 4.77 Å². The van der Waals surface area contributed by atoms with Gasteiger partial charge in [0, 0.05) is 7.05 Å². The molecule has 0 saturated heterocycles. The first kappa shape index (κ1) is 9.08. The molecule has 0 aliphatic carbocycles. The third kappa shape index (κ3) is 1.26. The Labute approximate surface area is 83.8 Å². The van der Waals surface area contributed by atoms with Crippen LogP contribution in [-0.4, -0.2) is 9.55 Å². The summed E-state index contributed by atoms with van der Waals surface area (Å²) in [5, 5.41) is 0.307. The largest absolute Gasteiger partial charge is 0.332 e. The molecule has 0 saturated carbocycles. The van der Waals surface area contributed by atoms with E-state index in [0.29, 0.717) is 15.7 Å². The number of fused-ring (bicyclic) bond motifs is 1. The Hall–Kier alpha value is -1.49. The highest BCUT2D eigenvalue weighted by molar-refractivity contribution is 7.71. The molecular weight excluding hydrogens is 203 g/mol. The van der Waals surface area contributed by atoms with E-state index in [1.54, 1.807) is 7.05 Å². The molecule has 1 aromatic heterocycles. The number of H-pyrrole nitrogens is 1. The number of benzene rings is 1. The SMILES string of the molecule is Cn1c(=S)[nH]c2ccc(F)cc2c1=O. The van der Waals surface area contributed by atoms with Crippen LogP contribution in [0.1, 0.15) is 0 Å². The molecule has 0 unspecified atom stereocenters. The Morgan fingerprint density at radius 3 is 2.93 bits per heavy atom. The summed E-state index contributed by atoms with van der Waals surface area (Å²) < 4.78 is 14.5. The first-order valence-electron chi connectivity index (χ1n) is 3.98. The van der Waals surface area contributed by atoms with E-state index >= 15 is 0 Å². The number of aromatic nitrogens is 2. The minimum atomic E-state index is -0.430. The molecule has 5 heteroatoms. The standard InChI is InChI=1S/C9H7FN2OS/c1-12-8(13)6-4-5(10)2-3-7(6)11-9(12)14/h2-4H,1H3,(H,11,14). The van der Waals surface area contributed by atoms with E-state index in [0.717, 1.165) is 0 Å². The number of hydrogen-bond donors (Lipinski definition) is 1. The van der Waals surface area contributed by atoms with Gasteiger partial charge in [-0.25, -0.2) is 4.39 Å². The second kappa shape index (κ2) is 3.02. The van der Waals surface area contributed by atoms with Crippen molar-refractivity contribution in [1.82, 2.24) is 9.55 Å². The maximum Gasteiger partial charge on any atom is 0.261 e. The van der Waals surface area contributed by atoms with E-state index in [9.17, 15) is 9.18 Å². The number of nitrogens with one attached hydrogen (secondary N) is 1. The van der Waals surface area contributed by atoms with Gasteiger partial charge in [-0.3, -0.25) is 9.36 Å². The van der Waals surface area contributed by atoms with Crippen LogP contribution in [0.2, 0.25) is 0 Å². The van der Waals surface area contributed by atoms with Crippen molar-refractivity contribution in [3.63, 3.8) is 0 Å². The average Bonchev–Trinajstić information content (AvgIpc) is 2.16. The molecule has 3 nitrogen and oxygen atoms in total. The van der Waals surface area contributed by atoms with E-state index < -0.39 is 5.82 Å². The summed E-state index contributed by atoms with van der Waals surface area (Å²) >= 11 is 4.91. The number of halogens is 1. The highest BCUT2D eigenvalue weighted by Crippen LogP contribution is 2.08. The second-order valence-electron chi connectivity index (χ2n) is 2.98. The van der Waals surface area contributed by atoms with Crippen LogP contribution in [-0.2, 0) is 7.05 Å². The Kier molecular flexibility index (Phi) is 1.96. The van der Waals surface area contributed by atoms with Crippen molar-refractivity contribution >= 4 is 23.1 Å². The molecule has 0 bridgehead atoms. The lowest BCUT2D eigenvalue weighted by molar-refractivity contribution is 0.629. The number of aromatic amines is 1. The highest BCUT2D eigenvalue weighted by Gasteiger charge is 2.02. The molecule has 0 aliphatic rings. The van der Waals surface area contributed by atoms with E-state index in [-0.39, 0.29) is 5.56 Å². The molecule has 1 heterocycles. The van der Waals surface area contributed by atoms with E-state index in [4.69, 9.17) is 12.2 Å². The molecule has 0 amide bonds. The maximum absolute atomic E-state index is 12.9. The molecule has 2 rings (SSSR count). The summed E-state index contributed by atoms with van der Waals surface area (Å²) in [6.07, 6.45) is 0. The summed E-state index contributed by atoms with van der Waals surface area (Å²) in [5.74, 6) is -0.430. The second-order valence-corrected chi connectivity index (χ2v) is 3.37. The molecular formula is C9H7FN2OS. The Balaban J connectivity index is 3.07. The average molecular weight is 210 g/mol. The van der Waals surface area contributed by atoms with Gasteiger partial charge < -0.3 is 4.98 Å². The van der Waals surface area contributed by atoms with Crippen molar-refractivity contribution in [1.29, 1.82) is 0 Å². The van der Waals surface area contributed by atoms with Crippen LogP contribution >= 0.6 is 12.2 Å². The first-order chi connectivity index (χ1) is 6.59. The van der Waals surface area contributed by atoms with E-state index in [1.807, 2.05) is 0 Å². The van der Waals surface area contributed by atoms with Crippen LogP contribution in [0.15, 0.2) is 23.0 Å². The van der Waals surface area contributed by atoms with E-state index in [1.165, 1.54) is 22.8 Å². The predicted octanol–water partition coefficient (Wildman–Crippen LogP) is 1.74. The van der Waals surface area contributed by atoms with Crippen molar-refractivity contribution < 1.29 is 4.39 Å². The van der Waals surface area contributed by atoms with Gasteiger partial charge in [-0.1, -0.05) is 0 Å². The lowest BCUT2D eigenvalue weighted by Crippen LogP contribution is -2.18. The van der Waals surface area contributed by atoms with Gasteiger partial charge in [0.1, 0.15) is 5.82 Å². The van der Waals surface area contributed by atoms with E-state index in [2.05, 4.69) is 4.98 Å². The number of rotatable bonds is 0. The molecule has 1 aromatic carbocycles. The molecule has 1 N–H and O–H groups in total. The van der Waals surface area contributed by atoms with Crippen LogP contribution in [0.5, 0.6) is 0 Å². The van der Waals surface area contributed by atoms with Crippen molar-refractivity contribution in [3.05, 3.63) is 39.1 Å². The zero-order valence-corrected chi connectivity index (χ0v) is 8.19. The molecule has 2 aromatic rings. The third-order valence-electron chi connectivity index (χ3n) is 2.06. The fraction of sp³-hybridized carbons (Fsp3) is 0.111. The molecule has 14 heavy (non-hydrogen) atoms. The normalized spacial score (nSPS) is 10.7. The fourth-order valence-electron chi connectivity index (χ4n) is 1.27. The van der Waals surface area contributed by atoms with Crippen LogP contribution in [0.4, 0.5) is 4.39 Å². The molecule has 0 fully saturated rings. The Morgan fingerprint density at radius 1 is 1.50 bits per heavy atom. The lowest BCUT2D eigenvalue weighted by Gasteiger charge is -2.01. The molecule has 0 radical (unpaired) electrons. The topological polar surface area (TPSA) is 37.8 Å². The van der Waals surface area contributed by atoms with Gasteiger partial charge in [-0.2, -0.15) is 0 Å². The fourth-order valence-corrected chi connectivity index (χ4v) is 1.47. The zero-order valence-electron chi connectivity index (χ0n) is 7.37. The minimum absolute atomic E-state index is 0.289. The summed E-state index contributed by atoms with van der Waals surface area (Å²) in [6.45, 7) is 0. The van der Waals surface area contributed by atoms with Gasteiger partial charge in [-0.05, 0) is 30.4 Å². The highest BCUT2D eigenvalue weighted by atomic mass is 32.1. The Bertz CT molecular complexity index is 614. The molecule has 72 valence electrons. The van der Waals surface area contributed by atoms with Crippen LogP contribution in [0.25, 0.3) is 10.9 Å². The van der Waals surface area contributed by atoms with Crippen molar-refractivity contribution in [2.45, 2.75) is 0 Å². The van der Waals surface area contributed by atoms with Gasteiger partial charge >= 0.3 is 0 Å². The van der Waals surface area contributed by atoms with Gasteiger partial charge in [0.2, 0.25) is 0 Å². The van der Waals surface area contributed by atoms with Crippen molar-refractivity contribution in [2.24, 2.45) is 7.05 Å². The zero-order chi connectivity index (χ0) is 10.3. The predicted molar refractivity (Wildman–Crippen MR) is 54.3 cm³/mol. The quantitative estimate of drug-likeness (QED) is 0.672. The van der Waals surface area contributed by atoms with Crippen LogP contribution in [0, 0.1) is 10.6 Å². The third-order valence-corrected chi connectivity index (χ3v) is 2.44. The summed E-state index contributed by atoms with van der Waals surface area (Å²) in [6, 6.07) is 3.98.